The maximum absolute atomic E-state index is 12.8. The molecule has 4 saturated carbocycles. The van der Waals surface area contributed by atoms with Crippen LogP contribution in [0.2, 0.25) is 0 Å². The normalized spacial score (nSPS) is 32.4. The number of amides is 1. The van der Waals surface area contributed by atoms with Gasteiger partial charge in [-0.15, -0.1) is 0 Å². The van der Waals surface area contributed by atoms with Crippen LogP contribution in [0.15, 0.2) is 34.9 Å². The summed E-state index contributed by atoms with van der Waals surface area (Å²) in [5.41, 5.74) is 2.82. The Hall–Kier alpha value is -2.10. The number of carbonyl (C=O) groups is 1. The molecule has 1 aromatic carbocycles. The highest BCUT2D eigenvalue weighted by atomic mass is 16.5. The quantitative estimate of drug-likeness (QED) is 0.832. The molecule has 4 fully saturated rings. The van der Waals surface area contributed by atoms with Crippen LogP contribution in [-0.4, -0.2) is 17.1 Å². The van der Waals surface area contributed by atoms with E-state index in [0.29, 0.717) is 16.9 Å². The number of benzene rings is 1. The maximum Gasteiger partial charge on any atom is 0.273 e. The van der Waals surface area contributed by atoms with Crippen molar-refractivity contribution in [2.45, 2.75) is 58.4 Å². The van der Waals surface area contributed by atoms with Crippen LogP contribution >= 0.6 is 0 Å². The number of aromatic nitrogens is 1. The predicted molar refractivity (Wildman–Crippen MR) is 104 cm³/mol. The molecule has 6 rings (SSSR count). The average molecular weight is 364 g/mol. The van der Waals surface area contributed by atoms with E-state index in [4.69, 9.17) is 4.52 Å². The van der Waals surface area contributed by atoms with Crippen LogP contribution in [0.3, 0.4) is 0 Å². The Bertz CT molecular complexity index is 816. The molecule has 4 heteroatoms. The Kier molecular flexibility index (Phi) is 3.92. The standard InChI is InChI=1S/C23H28N2O2/c1-14-3-5-19(6-4-14)21-10-20(25-27-21)22(26)24-15(2)23-11-16-7-17(12-23)9-18(8-16)13-23/h3-6,10,15-18H,7-9,11-13H2,1-2H3,(H,24,26). The molecule has 1 amide bonds. The smallest absolute Gasteiger partial charge is 0.273 e. The first-order valence-corrected chi connectivity index (χ1v) is 10.4. The van der Waals surface area contributed by atoms with Crippen molar-refractivity contribution in [2.75, 3.05) is 0 Å². The highest BCUT2D eigenvalue weighted by Crippen LogP contribution is 2.61. The van der Waals surface area contributed by atoms with E-state index in [9.17, 15) is 4.79 Å². The Morgan fingerprint density at radius 2 is 1.70 bits per heavy atom. The minimum Gasteiger partial charge on any atom is -0.355 e. The topological polar surface area (TPSA) is 55.1 Å². The summed E-state index contributed by atoms with van der Waals surface area (Å²) in [6.07, 6.45) is 8.12. The van der Waals surface area contributed by atoms with Crippen LogP contribution in [0.5, 0.6) is 0 Å². The first-order chi connectivity index (χ1) is 13.0. The summed E-state index contributed by atoms with van der Waals surface area (Å²) in [4.78, 5) is 12.8. The third-order valence-electron chi connectivity index (χ3n) is 7.43. The minimum absolute atomic E-state index is 0.111. The van der Waals surface area contributed by atoms with Gasteiger partial charge in [-0.1, -0.05) is 35.0 Å². The molecule has 4 aliphatic rings. The monoisotopic (exact) mass is 364 g/mol. The summed E-state index contributed by atoms with van der Waals surface area (Å²) in [5.74, 6) is 3.19. The van der Waals surface area contributed by atoms with Gasteiger partial charge in [-0.25, -0.2) is 0 Å². The Morgan fingerprint density at radius 1 is 1.11 bits per heavy atom. The Labute approximate surface area is 160 Å². The van der Waals surface area contributed by atoms with Crippen molar-refractivity contribution in [1.82, 2.24) is 10.5 Å². The fourth-order valence-electron chi connectivity index (χ4n) is 6.37. The molecule has 142 valence electrons. The van der Waals surface area contributed by atoms with Gasteiger partial charge in [0.25, 0.3) is 5.91 Å². The second-order valence-electron chi connectivity index (χ2n) is 9.42. The molecule has 1 heterocycles. The van der Waals surface area contributed by atoms with Crippen molar-refractivity contribution < 1.29 is 9.32 Å². The lowest BCUT2D eigenvalue weighted by Gasteiger charge is -2.59. The summed E-state index contributed by atoms with van der Waals surface area (Å²) in [7, 11) is 0. The van der Waals surface area contributed by atoms with Gasteiger partial charge in [0.15, 0.2) is 11.5 Å². The molecular weight excluding hydrogens is 336 g/mol. The molecule has 4 bridgehead atoms. The van der Waals surface area contributed by atoms with E-state index in [2.05, 4.69) is 24.3 Å². The first-order valence-electron chi connectivity index (χ1n) is 10.4. The van der Waals surface area contributed by atoms with Crippen molar-refractivity contribution in [2.24, 2.45) is 23.2 Å². The molecule has 1 atom stereocenters. The molecular formula is C23H28N2O2. The van der Waals surface area contributed by atoms with E-state index in [1.165, 1.54) is 44.1 Å². The van der Waals surface area contributed by atoms with Gasteiger partial charge < -0.3 is 9.84 Å². The molecule has 0 spiro atoms. The SMILES string of the molecule is Cc1ccc(-c2cc(C(=O)NC(C)C34CC5CC(CC(C5)C3)C4)no2)cc1. The largest absolute Gasteiger partial charge is 0.355 e. The van der Waals surface area contributed by atoms with Crippen LogP contribution in [0.4, 0.5) is 0 Å². The minimum atomic E-state index is -0.111. The summed E-state index contributed by atoms with van der Waals surface area (Å²) >= 11 is 0. The lowest BCUT2D eigenvalue weighted by Crippen LogP contribution is -2.55. The third kappa shape index (κ3) is 2.99. The molecule has 4 aliphatic carbocycles. The van der Waals surface area contributed by atoms with Crippen LogP contribution in [0, 0.1) is 30.1 Å². The highest BCUT2D eigenvalue weighted by molar-refractivity contribution is 5.93. The molecule has 4 nitrogen and oxygen atoms in total. The fraction of sp³-hybridized carbons (Fsp3) is 0.565. The molecule has 1 unspecified atom stereocenters. The van der Waals surface area contributed by atoms with Crippen LogP contribution < -0.4 is 5.32 Å². The molecule has 0 aliphatic heterocycles. The number of hydrogen-bond donors (Lipinski definition) is 1. The summed E-state index contributed by atoms with van der Waals surface area (Å²) < 4.78 is 5.43. The summed E-state index contributed by atoms with van der Waals surface area (Å²) in [6, 6.07) is 10.0. The number of hydrogen-bond acceptors (Lipinski definition) is 3. The molecule has 2 aromatic rings. The second-order valence-corrected chi connectivity index (χ2v) is 9.42. The summed E-state index contributed by atoms with van der Waals surface area (Å²) in [6.45, 7) is 4.25. The molecule has 0 radical (unpaired) electrons. The van der Waals surface area contributed by atoms with E-state index in [-0.39, 0.29) is 11.9 Å². The van der Waals surface area contributed by atoms with Gasteiger partial charge in [-0.05, 0) is 75.5 Å². The van der Waals surface area contributed by atoms with E-state index in [0.717, 1.165) is 23.3 Å². The Morgan fingerprint density at radius 3 is 2.30 bits per heavy atom. The number of aryl methyl sites for hydroxylation is 1. The number of nitrogens with zero attached hydrogens (tertiary/aromatic N) is 1. The van der Waals surface area contributed by atoms with Gasteiger partial charge in [-0.2, -0.15) is 0 Å². The lowest BCUT2D eigenvalue weighted by molar-refractivity contribution is -0.0688. The zero-order chi connectivity index (χ0) is 18.6. The molecule has 1 aromatic heterocycles. The van der Waals surface area contributed by atoms with Crippen LogP contribution in [-0.2, 0) is 0 Å². The predicted octanol–water partition coefficient (Wildman–Crippen LogP) is 4.98. The zero-order valence-corrected chi connectivity index (χ0v) is 16.2. The van der Waals surface area contributed by atoms with Crippen LogP contribution in [0.1, 0.15) is 61.5 Å². The van der Waals surface area contributed by atoms with Gasteiger partial charge in [0.2, 0.25) is 0 Å². The van der Waals surface area contributed by atoms with Gasteiger partial charge in [0, 0.05) is 17.7 Å². The van der Waals surface area contributed by atoms with E-state index >= 15 is 0 Å². The van der Waals surface area contributed by atoms with Crippen molar-refractivity contribution in [3.63, 3.8) is 0 Å². The fourth-order valence-corrected chi connectivity index (χ4v) is 6.37. The van der Waals surface area contributed by atoms with E-state index in [1.807, 2.05) is 24.3 Å². The second kappa shape index (κ2) is 6.22. The highest BCUT2D eigenvalue weighted by Gasteiger charge is 2.53. The number of nitrogens with one attached hydrogen (secondary N) is 1. The molecule has 27 heavy (non-hydrogen) atoms. The van der Waals surface area contributed by atoms with Gasteiger partial charge in [0.1, 0.15) is 0 Å². The van der Waals surface area contributed by atoms with Gasteiger partial charge >= 0.3 is 0 Å². The lowest BCUT2D eigenvalue weighted by atomic mass is 9.48. The number of carbonyl (C=O) groups excluding carboxylic acids is 1. The molecule has 1 N–H and O–H groups in total. The van der Waals surface area contributed by atoms with Crippen molar-refractivity contribution in [3.8, 4) is 11.3 Å². The van der Waals surface area contributed by atoms with Crippen LogP contribution in [0.25, 0.3) is 11.3 Å². The first kappa shape index (κ1) is 17.0. The van der Waals surface area contributed by atoms with Crippen molar-refractivity contribution >= 4 is 5.91 Å². The summed E-state index contributed by atoms with van der Waals surface area (Å²) in [5, 5.41) is 7.29. The average Bonchev–Trinajstić information content (AvgIpc) is 3.11. The number of rotatable bonds is 4. The van der Waals surface area contributed by atoms with Crippen molar-refractivity contribution in [1.29, 1.82) is 0 Å². The van der Waals surface area contributed by atoms with E-state index in [1.54, 1.807) is 6.07 Å². The van der Waals surface area contributed by atoms with Gasteiger partial charge in [-0.3, -0.25) is 4.79 Å². The van der Waals surface area contributed by atoms with E-state index < -0.39 is 0 Å². The maximum atomic E-state index is 12.8. The van der Waals surface area contributed by atoms with Crippen molar-refractivity contribution in [3.05, 3.63) is 41.6 Å². The zero-order valence-electron chi connectivity index (χ0n) is 16.2. The van der Waals surface area contributed by atoms with Gasteiger partial charge in [0.05, 0.1) is 0 Å². The molecule has 0 saturated heterocycles. The third-order valence-corrected chi connectivity index (χ3v) is 7.43. The Balaban J connectivity index is 1.30.